The zero-order valence-corrected chi connectivity index (χ0v) is 17.5. The van der Waals surface area contributed by atoms with Crippen molar-refractivity contribution in [3.8, 4) is 0 Å². The molecule has 0 aliphatic rings. The Morgan fingerprint density at radius 1 is 0.613 bits per heavy atom. The summed E-state index contributed by atoms with van der Waals surface area (Å²) in [5, 5.41) is 13.5. The van der Waals surface area contributed by atoms with Crippen LogP contribution in [0.5, 0.6) is 0 Å². The number of hydrogen-bond acceptors (Lipinski definition) is 9. The van der Waals surface area contributed by atoms with E-state index in [1.807, 2.05) is 0 Å². The number of rotatable bonds is 11. The molecule has 0 saturated heterocycles. The van der Waals surface area contributed by atoms with Crippen molar-refractivity contribution >= 4 is 53.8 Å². The van der Waals surface area contributed by atoms with E-state index < -0.39 is 42.0 Å². The smallest absolute Gasteiger partial charge is 0.413 e. The van der Waals surface area contributed by atoms with Gasteiger partial charge in [-0.2, -0.15) is 0 Å². The third-order valence-corrected chi connectivity index (χ3v) is 3.66. The van der Waals surface area contributed by atoms with Crippen molar-refractivity contribution in [3.63, 3.8) is 0 Å². The first-order valence-corrected chi connectivity index (χ1v) is 9.71. The van der Waals surface area contributed by atoms with Crippen LogP contribution in [0.25, 0.3) is 0 Å². The maximum Gasteiger partial charge on any atom is 0.413 e. The SMILES string of the molecule is C.C.CC(=O)NCNC(=O)OPCC(=O)NCNC(=O)OPOC(=O)NCNC(C)=O. The zero-order chi connectivity index (χ0) is 22.1. The van der Waals surface area contributed by atoms with Crippen LogP contribution in [0.4, 0.5) is 14.4 Å². The van der Waals surface area contributed by atoms with Crippen molar-refractivity contribution in [2.45, 2.75) is 28.7 Å². The van der Waals surface area contributed by atoms with E-state index in [1.54, 1.807) is 0 Å². The molecule has 6 amide bonds. The summed E-state index contributed by atoms with van der Waals surface area (Å²) in [6.45, 7) is 2.04. The number of nitrogens with one attached hydrogen (secondary N) is 6. The summed E-state index contributed by atoms with van der Waals surface area (Å²) in [6, 6.07) is 0. The highest BCUT2D eigenvalue weighted by molar-refractivity contribution is 7.34. The van der Waals surface area contributed by atoms with Gasteiger partial charge in [0.15, 0.2) is 0 Å². The van der Waals surface area contributed by atoms with Crippen LogP contribution < -0.4 is 31.9 Å². The van der Waals surface area contributed by atoms with Gasteiger partial charge in [0.05, 0.1) is 35.0 Å². The van der Waals surface area contributed by atoms with Crippen LogP contribution >= 0.6 is 17.8 Å². The lowest BCUT2D eigenvalue weighted by molar-refractivity contribution is -0.119. The molecule has 15 nitrogen and oxygen atoms in total. The lowest BCUT2D eigenvalue weighted by Gasteiger charge is -2.09. The van der Waals surface area contributed by atoms with Gasteiger partial charge in [-0.05, 0) is 0 Å². The highest BCUT2D eigenvalue weighted by atomic mass is 31.1. The van der Waals surface area contributed by atoms with E-state index in [0.717, 1.165) is 0 Å². The van der Waals surface area contributed by atoms with E-state index in [-0.39, 0.29) is 52.8 Å². The van der Waals surface area contributed by atoms with Gasteiger partial charge in [-0.3, -0.25) is 14.4 Å². The van der Waals surface area contributed by atoms with Crippen molar-refractivity contribution in [2.24, 2.45) is 0 Å². The van der Waals surface area contributed by atoms with E-state index in [0.29, 0.717) is 0 Å². The molecule has 0 fully saturated rings. The molecule has 0 aromatic carbocycles. The Morgan fingerprint density at radius 2 is 1.00 bits per heavy atom. The van der Waals surface area contributed by atoms with Gasteiger partial charge in [0, 0.05) is 13.8 Å². The first kappa shape index (κ1) is 32.7. The Balaban J connectivity index is -0.00000392. The van der Waals surface area contributed by atoms with Crippen LogP contribution in [-0.2, 0) is 28.0 Å². The maximum absolute atomic E-state index is 11.5. The molecule has 0 aliphatic heterocycles. The van der Waals surface area contributed by atoms with Gasteiger partial charge in [0.25, 0.3) is 9.03 Å². The van der Waals surface area contributed by atoms with E-state index in [2.05, 4.69) is 40.9 Å². The van der Waals surface area contributed by atoms with Crippen molar-refractivity contribution in [1.29, 1.82) is 0 Å². The fourth-order valence-electron chi connectivity index (χ4n) is 1.13. The fourth-order valence-corrected chi connectivity index (χ4v) is 2.00. The molecule has 2 unspecified atom stereocenters. The quantitative estimate of drug-likeness (QED) is 0.168. The van der Waals surface area contributed by atoms with E-state index in [4.69, 9.17) is 4.52 Å². The molecule has 0 aliphatic carbocycles. The molecular formula is C14H30N6O9P2. The molecule has 0 spiro atoms. The largest absolute Gasteiger partial charge is 0.432 e. The molecule has 2 atom stereocenters. The molecule has 0 radical (unpaired) electrons. The summed E-state index contributed by atoms with van der Waals surface area (Å²) in [4.78, 5) is 66.3. The Labute approximate surface area is 183 Å². The van der Waals surface area contributed by atoms with Gasteiger partial charge in [0.1, 0.15) is 0 Å². The highest BCUT2D eigenvalue weighted by Gasteiger charge is 2.08. The Bertz CT molecular complexity index is 559. The van der Waals surface area contributed by atoms with E-state index >= 15 is 0 Å². The fraction of sp³-hybridized carbons (Fsp3) is 0.571. The summed E-state index contributed by atoms with van der Waals surface area (Å²) >= 11 is 0. The van der Waals surface area contributed by atoms with Crippen LogP contribution in [0.15, 0.2) is 0 Å². The third-order valence-electron chi connectivity index (χ3n) is 2.32. The lowest BCUT2D eigenvalue weighted by Crippen LogP contribution is -2.38. The number of hydrogen-bond donors (Lipinski definition) is 6. The van der Waals surface area contributed by atoms with Crippen molar-refractivity contribution in [2.75, 3.05) is 26.2 Å². The molecule has 0 aromatic heterocycles. The number of carbonyl (C=O) groups is 6. The van der Waals surface area contributed by atoms with Crippen LogP contribution in [0.3, 0.4) is 0 Å². The van der Waals surface area contributed by atoms with Gasteiger partial charge in [-0.1, -0.05) is 14.9 Å². The molecule has 6 N–H and O–H groups in total. The molecule has 31 heavy (non-hydrogen) atoms. The summed E-state index contributed by atoms with van der Waals surface area (Å²) in [5.74, 6) is -1.17. The minimum atomic E-state index is -0.950. The van der Waals surface area contributed by atoms with E-state index in [9.17, 15) is 28.8 Å². The van der Waals surface area contributed by atoms with Gasteiger partial charge in [-0.15, -0.1) is 0 Å². The van der Waals surface area contributed by atoms with Crippen molar-refractivity contribution < 1.29 is 42.3 Å². The Hall–Kier alpha value is -2.92. The molecule has 180 valence electrons. The second-order valence-corrected chi connectivity index (χ2v) is 6.12. The average molecular weight is 488 g/mol. The maximum atomic E-state index is 11.5. The van der Waals surface area contributed by atoms with Crippen LogP contribution in [0.2, 0.25) is 0 Å². The predicted octanol–water partition coefficient (Wildman–Crippen LogP) is -0.200. The first-order valence-electron chi connectivity index (χ1n) is 7.78. The summed E-state index contributed by atoms with van der Waals surface area (Å²) in [5.41, 5.74) is 0. The minimum absolute atomic E-state index is 0. The molecule has 0 aromatic rings. The summed E-state index contributed by atoms with van der Waals surface area (Å²) < 4.78 is 13.8. The van der Waals surface area contributed by atoms with E-state index in [1.165, 1.54) is 13.8 Å². The van der Waals surface area contributed by atoms with Crippen LogP contribution in [-0.4, -0.2) is 62.2 Å². The molecule has 0 saturated carbocycles. The number of amides is 6. The van der Waals surface area contributed by atoms with Crippen molar-refractivity contribution in [3.05, 3.63) is 0 Å². The topological polar surface area (TPSA) is 202 Å². The van der Waals surface area contributed by atoms with Gasteiger partial charge in [0.2, 0.25) is 17.7 Å². The second-order valence-electron chi connectivity index (χ2n) is 4.70. The Morgan fingerprint density at radius 3 is 1.42 bits per heavy atom. The first-order chi connectivity index (χ1) is 13.7. The summed E-state index contributed by atoms with van der Waals surface area (Å²) in [7, 11) is -1.41. The molecule has 0 heterocycles. The zero-order valence-electron chi connectivity index (χ0n) is 15.5. The van der Waals surface area contributed by atoms with Crippen molar-refractivity contribution in [1.82, 2.24) is 31.9 Å². The molecule has 0 rings (SSSR count). The minimum Gasteiger partial charge on any atom is -0.432 e. The molecule has 0 bridgehead atoms. The summed E-state index contributed by atoms with van der Waals surface area (Å²) in [6.07, 6.45) is -2.79. The lowest BCUT2D eigenvalue weighted by atomic mass is 10.7. The third kappa shape index (κ3) is 23.2. The van der Waals surface area contributed by atoms with Gasteiger partial charge in [-0.25, -0.2) is 14.4 Å². The Kier molecular flexibility index (Phi) is 21.5. The average Bonchev–Trinajstić information content (AvgIpc) is 2.61. The monoisotopic (exact) mass is 488 g/mol. The molecule has 17 heteroatoms. The number of carbonyl (C=O) groups excluding carboxylic acids is 6. The standard InChI is InChI=1S/C12H22N6O9P2.2CH4/c1-7(19)13-4-16-10(22)25-28-3-9(21)15-6-18-12(24)27-29-26-11(23)17-5-14-8(2)20;;/h28-29H,3-6H2,1-2H3,(H,13,19)(H,14,20)(H,15,21)(H,16,22)(H,17,23)(H,18,24);2*1H4. The van der Waals surface area contributed by atoms with Crippen LogP contribution in [0, 0.1) is 0 Å². The van der Waals surface area contributed by atoms with Crippen LogP contribution in [0.1, 0.15) is 28.7 Å². The van der Waals surface area contributed by atoms with Gasteiger partial charge < -0.3 is 45.5 Å². The normalized spacial score (nSPS) is 9.48. The molecular weight excluding hydrogens is 458 g/mol. The highest BCUT2D eigenvalue weighted by Crippen LogP contribution is 2.13. The predicted molar refractivity (Wildman–Crippen MR) is 114 cm³/mol. The van der Waals surface area contributed by atoms with Gasteiger partial charge >= 0.3 is 18.3 Å². The second kappa shape index (κ2) is 20.4.